The molecule has 3 nitrogen and oxygen atoms in total. The number of benzene rings is 1. The Balaban J connectivity index is 2.31. The number of rotatable bonds is 6. The third kappa shape index (κ3) is 5.22. The molecule has 4 heteroatoms. The van der Waals surface area contributed by atoms with E-state index in [1.54, 1.807) is 0 Å². The van der Waals surface area contributed by atoms with Crippen LogP contribution in [0.3, 0.4) is 0 Å². The standard InChI is InChI=1S/C13H18BrNO2/c1-10-3-4-11(2)12(9-10)17-8-7-15-13(16)5-6-14/h3-4,9H,5-8H2,1-2H3,(H,15,16). The highest BCUT2D eigenvalue weighted by Crippen LogP contribution is 2.18. The van der Waals surface area contributed by atoms with E-state index < -0.39 is 0 Å². The molecule has 0 aliphatic heterocycles. The minimum absolute atomic E-state index is 0.0476. The number of hydrogen-bond donors (Lipinski definition) is 1. The molecule has 0 bridgehead atoms. The lowest BCUT2D eigenvalue weighted by atomic mass is 10.1. The van der Waals surface area contributed by atoms with Gasteiger partial charge in [-0.05, 0) is 31.0 Å². The Labute approximate surface area is 111 Å². The van der Waals surface area contributed by atoms with Gasteiger partial charge in [-0.25, -0.2) is 0 Å². The summed E-state index contributed by atoms with van der Waals surface area (Å²) in [4.78, 5) is 11.2. The molecular weight excluding hydrogens is 282 g/mol. The lowest BCUT2D eigenvalue weighted by molar-refractivity contribution is -0.120. The van der Waals surface area contributed by atoms with Gasteiger partial charge < -0.3 is 10.1 Å². The fourth-order valence-electron chi connectivity index (χ4n) is 1.39. The van der Waals surface area contributed by atoms with Crippen LogP contribution in [-0.2, 0) is 4.79 Å². The smallest absolute Gasteiger partial charge is 0.220 e. The molecule has 0 unspecified atom stereocenters. The normalized spacial score (nSPS) is 10.1. The second kappa shape index (κ2) is 7.33. The summed E-state index contributed by atoms with van der Waals surface area (Å²) in [5, 5.41) is 3.49. The Bertz CT molecular complexity index is 380. The predicted octanol–water partition coefficient (Wildman–Crippen LogP) is 2.58. The Kier molecular flexibility index (Phi) is 6.05. The van der Waals surface area contributed by atoms with Crippen LogP contribution in [-0.4, -0.2) is 24.4 Å². The first-order chi connectivity index (χ1) is 8.13. The molecule has 0 spiro atoms. The van der Waals surface area contributed by atoms with E-state index in [1.165, 1.54) is 5.56 Å². The van der Waals surface area contributed by atoms with E-state index in [1.807, 2.05) is 26.0 Å². The minimum atomic E-state index is 0.0476. The first-order valence-electron chi connectivity index (χ1n) is 5.66. The molecule has 1 rings (SSSR count). The van der Waals surface area contributed by atoms with Crippen molar-refractivity contribution in [3.63, 3.8) is 0 Å². The molecule has 0 aromatic heterocycles. The van der Waals surface area contributed by atoms with Gasteiger partial charge in [0.15, 0.2) is 0 Å². The highest BCUT2D eigenvalue weighted by atomic mass is 79.9. The average molecular weight is 300 g/mol. The SMILES string of the molecule is Cc1ccc(C)c(OCCNC(=O)CCBr)c1. The van der Waals surface area contributed by atoms with Crippen LogP contribution in [0.15, 0.2) is 18.2 Å². The summed E-state index contributed by atoms with van der Waals surface area (Å²) in [7, 11) is 0. The van der Waals surface area contributed by atoms with E-state index in [0.717, 1.165) is 11.3 Å². The Morgan fingerprint density at radius 3 is 2.88 bits per heavy atom. The molecule has 1 N–H and O–H groups in total. The van der Waals surface area contributed by atoms with Gasteiger partial charge in [-0.1, -0.05) is 28.1 Å². The maximum Gasteiger partial charge on any atom is 0.220 e. The topological polar surface area (TPSA) is 38.3 Å². The molecule has 0 radical (unpaired) electrons. The molecule has 0 heterocycles. The van der Waals surface area contributed by atoms with Crippen molar-refractivity contribution in [2.45, 2.75) is 20.3 Å². The summed E-state index contributed by atoms with van der Waals surface area (Å²) in [6, 6.07) is 6.10. The van der Waals surface area contributed by atoms with Crippen molar-refractivity contribution >= 4 is 21.8 Å². The first-order valence-corrected chi connectivity index (χ1v) is 6.78. The molecule has 0 fully saturated rings. The van der Waals surface area contributed by atoms with Crippen molar-refractivity contribution in [1.29, 1.82) is 0 Å². The van der Waals surface area contributed by atoms with Gasteiger partial charge in [0.1, 0.15) is 12.4 Å². The second-order valence-corrected chi connectivity index (χ2v) is 4.70. The van der Waals surface area contributed by atoms with E-state index >= 15 is 0 Å². The lowest BCUT2D eigenvalue weighted by Gasteiger charge is -2.10. The number of ether oxygens (including phenoxy) is 1. The molecule has 17 heavy (non-hydrogen) atoms. The van der Waals surface area contributed by atoms with Crippen molar-refractivity contribution in [3.8, 4) is 5.75 Å². The zero-order chi connectivity index (χ0) is 12.7. The van der Waals surface area contributed by atoms with Gasteiger partial charge in [-0.15, -0.1) is 0 Å². The molecule has 0 aliphatic rings. The highest BCUT2D eigenvalue weighted by Gasteiger charge is 2.01. The predicted molar refractivity (Wildman–Crippen MR) is 72.8 cm³/mol. The summed E-state index contributed by atoms with van der Waals surface area (Å²) in [5.74, 6) is 0.936. The summed E-state index contributed by atoms with van der Waals surface area (Å²) in [5.41, 5.74) is 2.29. The second-order valence-electron chi connectivity index (χ2n) is 3.91. The molecule has 0 atom stereocenters. The van der Waals surface area contributed by atoms with Crippen molar-refractivity contribution in [1.82, 2.24) is 5.32 Å². The van der Waals surface area contributed by atoms with Crippen LogP contribution in [0.25, 0.3) is 0 Å². The number of carbonyl (C=O) groups excluding carboxylic acids is 1. The summed E-state index contributed by atoms with van der Waals surface area (Å²) in [6.07, 6.45) is 0.503. The number of halogens is 1. The largest absolute Gasteiger partial charge is 0.491 e. The Morgan fingerprint density at radius 1 is 1.41 bits per heavy atom. The monoisotopic (exact) mass is 299 g/mol. The van der Waals surface area contributed by atoms with E-state index in [4.69, 9.17) is 4.74 Å². The highest BCUT2D eigenvalue weighted by molar-refractivity contribution is 9.09. The molecule has 0 aliphatic carbocycles. The van der Waals surface area contributed by atoms with Crippen LogP contribution in [0, 0.1) is 13.8 Å². The van der Waals surface area contributed by atoms with E-state index in [0.29, 0.717) is 24.9 Å². The number of alkyl halides is 1. The van der Waals surface area contributed by atoms with Crippen LogP contribution >= 0.6 is 15.9 Å². The number of amides is 1. The Hall–Kier alpha value is -1.03. The quantitative estimate of drug-likeness (QED) is 0.648. The first kappa shape index (κ1) is 14.0. The third-order valence-corrected chi connectivity index (χ3v) is 2.74. The van der Waals surface area contributed by atoms with E-state index in [2.05, 4.69) is 27.3 Å². The maximum atomic E-state index is 11.2. The van der Waals surface area contributed by atoms with Crippen LogP contribution in [0.4, 0.5) is 0 Å². The van der Waals surface area contributed by atoms with Gasteiger partial charge >= 0.3 is 0 Å². The number of aryl methyl sites for hydroxylation is 2. The minimum Gasteiger partial charge on any atom is -0.491 e. The van der Waals surface area contributed by atoms with Crippen molar-refractivity contribution in [2.24, 2.45) is 0 Å². The fourth-order valence-corrected chi connectivity index (χ4v) is 1.75. The Morgan fingerprint density at radius 2 is 2.18 bits per heavy atom. The van der Waals surface area contributed by atoms with Crippen molar-refractivity contribution < 1.29 is 9.53 Å². The summed E-state index contributed by atoms with van der Waals surface area (Å²) >= 11 is 3.22. The van der Waals surface area contributed by atoms with Crippen LogP contribution in [0.1, 0.15) is 17.5 Å². The average Bonchev–Trinajstić information content (AvgIpc) is 2.29. The van der Waals surface area contributed by atoms with Gasteiger partial charge in [-0.3, -0.25) is 4.79 Å². The molecule has 1 amide bonds. The molecule has 0 saturated heterocycles. The van der Waals surface area contributed by atoms with Crippen molar-refractivity contribution in [2.75, 3.05) is 18.5 Å². The van der Waals surface area contributed by atoms with E-state index in [-0.39, 0.29) is 5.91 Å². The van der Waals surface area contributed by atoms with Crippen LogP contribution < -0.4 is 10.1 Å². The molecule has 0 saturated carbocycles. The van der Waals surface area contributed by atoms with Crippen LogP contribution in [0.5, 0.6) is 5.75 Å². The van der Waals surface area contributed by atoms with E-state index in [9.17, 15) is 4.79 Å². The fraction of sp³-hybridized carbons (Fsp3) is 0.462. The molecule has 94 valence electrons. The van der Waals surface area contributed by atoms with Crippen LogP contribution in [0.2, 0.25) is 0 Å². The van der Waals surface area contributed by atoms with Gasteiger partial charge in [0.2, 0.25) is 5.91 Å². The van der Waals surface area contributed by atoms with Gasteiger partial charge in [0.05, 0.1) is 6.54 Å². The third-order valence-electron chi connectivity index (χ3n) is 2.35. The lowest BCUT2D eigenvalue weighted by Crippen LogP contribution is -2.28. The van der Waals surface area contributed by atoms with Gasteiger partial charge in [0.25, 0.3) is 0 Å². The summed E-state index contributed by atoms with van der Waals surface area (Å²) in [6.45, 7) is 5.08. The van der Waals surface area contributed by atoms with Gasteiger partial charge in [-0.2, -0.15) is 0 Å². The van der Waals surface area contributed by atoms with Crippen molar-refractivity contribution in [3.05, 3.63) is 29.3 Å². The zero-order valence-corrected chi connectivity index (χ0v) is 11.8. The molecular formula is C13H18BrNO2. The summed E-state index contributed by atoms with van der Waals surface area (Å²) < 4.78 is 5.62. The number of hydrogen-bond acceptors (Lipinski definition) is 2. The van der Waals surface area contributed by atoms with Gasteiger partial charge in [0, 0.05) is 11.8 Å². The number of nitrogens with one attached hydrogen (secondary N) is 1. The molecule has 1 aromatic carbocycles. The maximum absolute atomic E-state index is 11.2. The zero-order valence-electron chi connectivity index (χ0n) is 10.3. The molecule has 1 aromatic rings. The number of carbonyl (C=O) groups is 1.